The molecular formula is C25H33F4N5O2S. The van der Waals surface area contributed by atoms with E-state index in [0.717, 1.165) is 48.3 Å². The highest BCUT2D eigenvalue weighted by Gasteiger charge is 2.42. The van der Waals surface area contributed by atoms with Crippen molar-refractivity contribution in [3.63, 3.8) is 0 Å². The van der Waals surface area contributed by atoms with Crippen molar-refractivity contribution in [2.45, 2.75) is 83.7 Å². The third kappa shape index (κ3) is 7.62. The van der Waals surface area contributed by atoms with Crippen LogP contribution in [0, 0.1) is 6.92 Å². The number of hydrogen-bond acceptors (Lipinski definition) is 6. The molecule has 7 nitrogen and oxygen atoms in total. The van der Waals surface area contributed by atoms with Crippen molar-refractivity contribution >= 4 is 29.5 Å². The molecule has 1 saturated carbocycles. The summed E-state index contributed by atoms with van der Waals surface area (Å²) in [5.74, 6) is -2.47. The largest absolute Gasteiger partial charge is 0.370 e. The van der Waals surface area contributed by atoms with Gasteiger partial charge in [-0.3, -0.25) is 9.59 Å². The van der Waals surface area contributed by atoms with Crippen LogP contribution in [-0.2, 0) is 4.79 Å². The van der Waals surface area contributed by atoms with Crippen molar-refractivity contribution in [2.75, 3.05) is 18.4 Å². The highest BCUT2D eigenvalue weighted by molar-refractivity contribution is 7.17. The summed E-state index contributed by atoms with van der Waals surface area (Å²) in [5, 5.41) is 6.33. The Bertz CT molecular complexity index is 1080. The summed E-state index contributed by atoms with van der Waals surface area (Å²) in [7, 11) is 0. The van der Waals surface area contributed by atoms with Gasteiger partial charge < -0.3 is 15.5 Å². The zero-order valence-corrected chi connectivity index (χ0v) is 22.0. The van der Waals surface area contributed by atoms with Crippen LogP contribution in [0.3, 0.4) is 0 Å². The minimum absolute atomic E-state index is 0.0990. The summed E-state index contributed by atoms with van der Waals surface area (Å²) >= 11 is 1.14. The number of alkyl halides is 4. The standard InChI is InChI=1S/C19H24F2N4OS.C6H9F2NO/c1-3-8-22-15-9-13(17(20)21)14(10-23-15)16-11(2)24-19(27-16)18(26)25-12-6-4-5-7-12;1-5-2-6(7,8)3-9(5)4-10/h9-10,12,17H,3-8H2,1-2H3,(H,22,23)(H,25,26);4-5H,2-3H2,1H3. The maximum Gasteiger partial charge on any atom is 0.280 e. The van der Waals surface area contributed by atoms with Crippen molar-refractivity contribution < 1.29 is 27.2 Å². The van der Waals surface area contributed by atoms with Crippen molar-refractivity contribution in [3.05, 3.63) is 28.5 Å². The second kappa shape index (κ2) is 12.7. The van der Waals surface area contributed by atoms with Crippen molar-refractivity contribution in [2.24, 2.45) is 0 Å². The molecule has 1 saturated heterocycles. The van der Waals surface area contributed by atoms with Gasteiger partial charge in [0.25, 0.3) is 18.3 Å². The first-order chi connectivity index (χ1) is 17.5. The van der Waals surface area contributed by atoms with E-state index in [9.17, 15) is 27.2 Å². The van der Waals surface area contributed by atoms with Gasteiger partial charge in [-0.25, -0.2) is 27.5 Å². The predicted molar refractivity (Wildman–Crippen MR) is 135 cm³/mol. The average molecular weight is 544 g/mol. The Balaban J connectivity index is 0.000000319. The number of thiazole rings is 1. The molecule has 0 aromatic carbocycles. The van der Waals surface area contributed by atoms with E-state index in [0.29, 0.717) is 39.9 Å². The van der Waals surface area contributed by atoms with Gasteiger partial charge >= 0.3 is 0 Å². The molecule has 2 N–H and O–H groups in total. The molecule has 2 fully saturated rings. The summed E-state index contributed by atoms with van der Waals surface area (Å²) in [6.07, 6.45) is 4.16. The second-order valence-electron chi connectivity index (χ2n) is 9.46. The van der Waals surface area contributed by atoms with Crippen LogP contribution < -0.4 is 10.6 Å². The normalized spacial score (nSPS) is 19.0. The van der Waals surface area contributed by atoms with E-state index in [-0.39, 0.29) is 30.0 Å². The number of aryl methyl sites for hydroxylation is 1. The van der Waals surface area contributed by atoms with Crippen LogP contribution in [0.5, 0.6) is 0 Å². The molecule has 1 aliphatic carbocycles. The fraction of sp³-hybridized carbons (Fsp3) is 0.600. The van der Waals surface area contributed by atoms with Crippen LogP contribution in [0.2, 0.25) is 0 Å². The fourth-order valence-electron chi connectivity index (χ4n) is 4.43. The molecule has 0 bridgehead atoms. The summed E-state index contributed by atoms with van der Waals surface area (Å²) < 4.78 is 52.1. The monoisotopic (exact) mass is 543 g/mol. The Kier molecular flexibility index (Phi) is 9.86. The van der Waals surface area contributed by atoms with Crippen molar-refractivity contribution in [3.8, 4) is 10.4 Å². The summed E-state index contributed by atoms with van der Waals surface area (Å²) in [5.41, 5.74) is 0.801. The molecule has 37 heavy (non-hydrogen) atoms. The lowest BCUT2D eigenvalue weighted by atomic mass is 10.1. The molecule has 2 amide bonds. The number of nitrogens with zero attached hydrogens (tertiary/aromatic N) is 3. The van der Waals surface area contributed by atoms with Crippen LogP contribution in [0.1, 0.15) is 79.9 Å². The maximum atomic E-state index is 13.6. The van der Waals surface area contributed by atoms with E-state index in [4.69, 9.17) is 0 Å². The molecule has 3 heterocycles. The number of anilines is 1. The lowest BCUT2D eigenvalue weighted by Crippen LogP contribution is -2.32. The molecule has 1 atom stereocenters. The Labute approximate surface area is 218 Å². The summed E-state index contributed by atoms with van der Waals surface area (Å²) in [6.45, 7) is 5.60. The Hall–Kier alpha value is -2.76. The Morgan fingerprint density at radius 2 is 2.03 bits per heavy atom. The zero-order chi connectivity index (χ0) is 27.2. The molecule has 12 heteroatoms. The zero-order valence-electron chi connectivity index (χ0n) is 21.2. The molecule has 1 aliphatic heterocycles. The number of aromatic nitrogens is 2. The van der Waals surface area contributed by atoms with E-state index >= 15 is 0 Å². The highest BCUT2D eigenvalue weighted by Crippen LogP contribution is 2.37. The third-order valence-corrected chi connectivity index (χ3v) is 7.55. The number of carbonyl (C=O) groups excluding carboxylic acids is 2. The molecule has 1 unspecified atom stereocenters. The van der Waals surface area contributed by atoms with Gasteiger partial charge in [0, 0.05) is 42.4 Å². The molecule has 2 aliphatic rings. The van der Waals surface area contributed by atoms with Crippen LogP contribution in [0.25, 0.3) is 10.4 Å². The first-order valence-electron chi connectivity index (χ1n) is 12.4. The fourth-order valence-corrected chi connectivity index (χ4v) is 5.43. The first kappa shape index (κ1) is 28.8. The van der Waals surface area contributed by atoms with Crippen LogP contribution in [0.15, 0.2) is 12.3 Å². The third-order valence-electron chi connectivity index (χ3n) is 6.36. The number of carbonyl (C=O) groups is 2. The minimum Gasteiger partial charge on any atom is -0.370 e. The molecule has 2 aromatic rings. The Morgan fingerprint density at radius 3 is 2.57 bits per heavy atom. The highest BCUT2D eigenvalue weighted by atomic mass is 32.1. The van der Waals surface area contributed by atoms with Gasteiger partial charge in [0.1, 0.15) is 5.82 Å². The van der Waals surface area contributed by atoms with E-state index in [2.05, 4.69) is 20.6 Å². The first-order valence-corrected chi connectivity index (χ1v) is 13.3. The molecule has 0 radical (unpaired) electrons. The SMILES string of the molecule is CC1CC(F)(F)CN1C=O.CCCNc1cc(C(F)F)c(-c2sc(C(=O)NC3CCCC3)nc2C)cn1. The van der Waals surface area contributed by atoms with E-state index in [1.165, 1.54) is 12.3 Å². The maximum absolute atomic E-state index is 13.6. The Morgan fingerprint density at radius 1 is 1.32 bits per heavy atom. The number of halogens is 4. The van der Waals surface area contributed by atoms with Gasteiger partial charge in [0.15, 0.2) is 5.01 Å². The number of amides is 2. The topological polar surface area (TPSA) is 87.2 Å². The number of pyridine rings is 1. The van der Waals surface area contributed by atoms with Gasteiger partial charge in [-0.1, -0.05) is 19.8 Å². The van der Waals surface area contributed by atoms with Crippen LogP contribution in [0.4, 0.5) is 23.4 Å². The minimum atomic E-state index is -2.67. The second-order valence-corrected chi connectivity index (χ2v) is 10.5. The van der Waals surface area contributed by atoms with Crippen molar-refractivity contribution in [1.29, 1.82) is 0 Å². The molecule has 0 spiro atoms. The summed E-state index contributed by atoms with van der Waals surface area (Å²) in [4.78, 5) is 32.8. The van der Waals surface area contributed by atoms with E-state index < -0.39 is 18.9 Å². The predicted octanol–water partition coefficient (Wildman–Crippen LogP) is 5.82. The van der Waals surface area contributed by atoms with E-state index in [1.807, 2.05) is 6.92 Å². The molecule has 4 rings (SSSR count). The van der Waals surface area contributed by atoms with Crippen LogP contribution in [-0.4, -0.2) is 58.3 Å². The lowest BCUT2D eigenvalue weighted by molar-refractivity contribution is -0.119. The van der Waals surface area contributed by atoms with Gasteiger partial charge in [-0.05, 0) is 39.2 Å². The quantitative estimate of drug-likeness (QED) is 0.324. The number of nitrogens with one attached hydrogen (secondary N) is 2. The number of rotatable bonds is 8. The van der Waals surface area contributed by atoms with Gasteiger partial charge in [0.2, 0.25) is 6.41 Å². The van der Waals surface area contributed by atoms with Crippen LogP contribution >= 0.6 is 11.3 Å². The van der Waals surface area contributed by atoms with Crippen molar-refractivity contribution in [1.82, 2.24) is 20.2 Å². The van der Waals surface area contributed by atoms with Gasteiger partial charge in [-0.15, -0.1) is 11.3 Å². The number of likely N-dealkylation sites (tertiary alicyclic amines) is 1. The summed E-state index contributed by atoms with van der Waals surface area (Å²) in [6, 6.07) is 1.26. The smallest absolute Gasteiger partial charge is 0.280 e. The lowest BCUT2D eigenvalue weighted by Gasteiger charge is -2.12. The van der Waals surface area contributed by atoms with Gasteiger partial charge in [-0.2, -0.15) is 0 Å². The molecular weight excluding hydrogens is 510 g/mol. The average Bonchev–Trinajstić information content (AvgIpc) is 3.56. The molecule has 2 aromatic heterocycles. The number of hydrogen-bond donors (Lipinski definition) is 2. The van der Waals surface area contributed by atoms with Gasteiger partial charge in [0.05, 0.1) is 17.1 Å². The molecule has 204 valence electrons. The van der Waals surface area contributed by atoms with E-state index in [1.54, 1.807) is 13.8 Å².